The number of nitrogens with one attached hydrogen (secondary N) is 1. The van der Waals surface area contributed by atoms with Crippen LogP contribution in [0, 0.1) is 6.92 Å². The minimum Gasteiger partial charge on any atom is -0.381 e. The third-order valence-corrected chi connectivity index (χ3v) is 5.01. The maximum absolute atomic E-state index is 4.12. The van der Waals surface area contributed by atoms with E-state index in [1.165, 1.54) is 28.0 Å². The number of hydrogen-bond donors (Lipinski definition) is 1. The van der Waals surface area contributed by atoms with Crippen molar-refractivity contribution < 1.29 is 0 Å². The summed E-state index contributed by atoms with van der Waals surface area (Å²) in [6.07, 6.45) is 5.98. The van der Waals surface area contributed by atoms with Gasteiger partial charge < -0.3 is 5.32 Å². The Morgan fingerprint density at radius 3 is 2.11 bits per heavy atom. The van der Waals surface area contributed by atoms with Gasteiger partial charge in [-0.1, -0.05) is 79.0 Å². The van der Waals surface area contributed by atoms with Crippen molar-refractivity contribution in [3.05, 3.63) is 76.9 Å². The van der Waals surface area contributed by atoms with Crippen LogP contribution in [0.2, 0.25) is 0 Å². The molecule has 0 aliphatic rings. The summed E-state index contributed by atoms with van der Waals surface area (Å²) in [4.78, 5) is 0. The normalized spacial score (nSPS) is 13.5. The zero-order valence-corrected chi connectivity index (χ0v) is 19.0. The molecule has 1 nitrogen and oxygen atoms in total. The molecular formula is C26H39N. The first-order chi connectivity index (χ1) is 12.3. The van der Waals surface area contributed by atoms with E-state index < -0.39 is 0 Å². The van der Waals surface area contributed by atoms with Crippen molar-refractivity contribution in [1.82, 2.24) is 0 Å². The van der Waals surface area contributed by atoms with E-state index in [1.54, 1.807) is 0 Å². The molecule has 1 rings (SSSR count). The molecule has 1 heteroatoms. The fraction of sp³-hybridized carbons (Fsp3) is 0.462. The average molecular weight is 366 g/mol. The third kappa shape index (κ3) is 5.99. The van der Waals surface area contributed by atoms with Gasteiger partial charge in [-0.2, -0.15) is 0 Å². The Morgan fingerprint density at radius 1 is 1.07 bits per heavy atom. The van der Waals surface area contributed by atoms with Crippen molar-refractivity contribution in [2.45, 2.75) is 73.1 Å². The lowest BCUT2D eigenvalue weighted by molar-refractivity contribution is 0.566. The standard InChI is InChI=1S/C26H39N/c1-12-14-22(18(3)13-2)19(4)17-27-24-16-21(25(6,7)8)15-23(20(24)5)26(9,10)11/h12-16,27H,2-3,17H2,1,4-11H3/b14-12-,22-19+. The zero-order valence-electron chi connectivity index (χ0n) is 19.0. The van der Waals surface area contributed by atoms with E-state index in [1.807, 2.05) is 13.0 Å². The number of benzene rings is 1. The van der Waals surface area contributed by atoms with E-state index in [2.05, 4.69) is 98.1 Å². The molecule has 0 saturated heterocycles. The Bertz CT molecular complexity index is 759. The quantitative estimate of drug-likeness (QED) is 0.511. The predicted molar refractivity (Wildman–Crippen MR) is 124 cm³/mol. The molecule has 0 aliphatic carbocycles. The number of rotatable bonds is 6. The van der Waals surface area contributed by atoms with E-state index in [-0.39, 0.29) is 10.8 Å². The summed E-state index contributed by atoms with van der Waals surface area (Å²) in [5.41, 5.74) is 8.92. The molecule has 0 amide bonds. The van der Waals surface area contributed by atoms with Gasteiger partial charge in [0.1, 0.15) is 0 Å². The van der Waals surface area contributed by atoms with Gasteiger partial charge in [0.2, 0.25) is 0 Å². The first kappa shape index (κ1) is 23.0. The smallest absolute Gasteiger partial charge is 0.0378 e. The molecule has 0 unspecified atom stereocenters. The Balaban J connectivity index is 3.38. The first-order valence-corrected chi connectivity index (χ1v) is 9.86. The third-order valence-electron chi connectivity index (χ3n) is 5.01. The lowest BCUT2D eigenvalue weighted by Crippen LogP contribution is -2.19. The van der Waals surface area contributed by atoms with Crippen LogP contribution in [0.15, 0.2) is 60.2 Å². The molecule has 0 spiro atoms. The van der Waals surface area contributed by atoms with Gasteiger partial charge in [0.25, 0.3) is 0 Å². The van der Waals surface area contributed by atoms with Gasteiger partial charge in [-0.3, -0.25) is 0 Å². The van der Waals surface area contributed by atoms with Gasteiger partial charge in [0.15, 0.2) is 0 Å². The lowest BCUT2D eigenvalue weighted by Gasteiger charge is -2.29. The van der Waals surface area contributed by atoms with Crippen LogP contribution >= 0.6 is 0 Å². The van der Waals surface area contributed by atoms with Gasteiger partial charge in [0.05, 0.1) is 0 Å². The van der Waals surface area contributed by atoms with E-state index >= 15 is 0 Å². The van der Waals surface area contributed by atoms with Crippen molar-refractivity contribution >= 4 is 5.69 Å². The Labute approximate surface area is 168 Å². The van der Waals surface area contributed by atoms with Crippen molar-refractivity contribution in [3.63, 3.8) is 0 Å². The van der Waals surface area contributed by atoms with Gasteiger partial charge in [-0.05, 0) is 71.1 Å². The summed E-state index contributed by atoms with van der Waals surface area (Å²) in [6.45, 7) is 28.9. The second kappa shape index (κ2) is 8.78. The summed E-state index contributed by atoms with van der Waals surface area (Å²) < 4.78 is 0. The second-order valence-electron chi connectivity index (χ2n) is 9.47. The molecule has 0 fully saturated rings. The minimum atomic E-state index is 0.111. The van der Waals surface area contributed by atoms with Crippen LogP contribution in [-0.4, -0.2) is 6.54 Å². The van der Waals surface area contributed by atoms with E-state index in [9.17, 15) is 0 Å². The maximum atomic E-state index is 4.12. The molecule has 1 N–H and O–H groups in total. The van der Waals surface area contributed by atoms with Crippen molar-refractivity contribution in [2.24, 2.45) is 0 Å². The molecule has 148 valence electrons. The molecule has 0 bridgehead atoms. The van der Waals surface area contributed by atoms with Crippen LogP contribution in [-0.2, 0) is 10.8 Å². The largest absolute Gasteiger partial charge is 0.381 e. The van der Waals surface area contributed by atoms with Crippen molar-refractivity contribution in [3.8, 4) is 0 Å². The molecule has 0 saturated carbocycles. The van der Waals surface area contributed by atoms with Crippen LogP contribution in [0.25, 0.3) is 0 Å². The zero-order chi connectivity index (χ0) is 21.0. The Kier molecular flexibility index (Phi) is 7.48. The second-order valence-corrected chi connectivity index (χ2v) is 9.47. The molecule has 1 aromatic rings. The topological polar surface area (TPSA) is 12.0 Å². The average Bonchev–Trinajstić information content (AvgIpc) is 2.55. The van der Waals surface area contributed by atoms with E-state index in [4.69, 9.17) is 0 Å². The van der Waals surface area contributed by atoms with Crippen LogP contribution < -0.4 is 5.32 Å². The molecule has 1 aromatic carbocycles. The minimum absolute atomic E-state index is 0.111. The summed E-state index contributed by atoms with van der Waals surface area (Å²) in [5.74, 6) is 0. The summed E-state index contributed by atoms with van der Waals surface area (Å²) >= 11 is 0. The fourth-order valence-corrected chi connectivity index (χ4v) is 3.23. The molecule has 0 aliphatic heterocycles. The van der Waals surface area contributed by atoms with Gasteiger partial charge in [-0.25, -0.2) is 0 Å². The SMILES string of the molecule is C=CC(=C)C(/C=C\C)=C(\C)CNc1cc(C(C)(C)C)cc(C(C)(C)C)c1C. The molecule has 27 heavy (non-hydrogen) atoms. The van der Waals surface area contributed by atoms with Gasteiger partial charge >= 0.3 is 0 Å². The molecule has 0 atom stereocenters. The molecule has 0 heterocycles. The van der Waals surface area contributed by atoms with Crippen LogP contribution in [0.1, 0.15) is 72.1 Å². The van der Waals surface area contributed by atoms with E-state index in [0.29, 0.717) is 0 Å². The van der Waals surface area contributed by atoms with Crippen LogP contribution in [0.4, 0.5) is 5.69 Å². The highest BCUT2D eigenvalue weighted by Crippen LogP contribution is 2.35. The summed E-state index contributed by atoms with van der Waals surface area (Å²) in [7, 11) is 0. The molecule has 0 radical (unpaired) electrons. The van der Waals surface area contributed by atoms with Gasteiger partial charge in [0, 0.05) is 12.2 Å². The number of anilines is 1. The monoisotopic (exact) mass is 365 g/mol. The fourth-order valence-electron chi connectivity index (χ4n) is 3.23. The summed E-state index contributed by atoms with van der Waals surface area (Å²) in [6, 6.07) is 4.70. The molecular weight excluding hydrogens is 326 g/mol. The highest BCUT2D eigenvalue weighted by Gasteiger charge is 2.23. The number of hydrogen-bond acceptors (Lipinski definition) is 1. The van der Waals surface area contributed by atoms with Crippen LogP contribution in [0.3, 0.4) is 0 Å². The van der Waals surface area contributed by atoms with Crippen LogP contribution in [0.5, 0.6) is 0 Å². The van der Waals surface area contributed by atoms with Crippen molar-refractivity contribution in [2.75, 3.05) is 11.9 Å². The molecule has 0 aromatic heterocycles. The Morgan fingerprint density at radius 2 is 1.67 bits per heavy atom. The highest BCUT2D eigenvalue weighted by molar-refractivity contribution is 5.60. The van der Waals surface area contributed by atoms with Crippen molar-refractivity contribution in [1.29, 1.82) is 0 Å². The van der Waals surface area contributed by atoms with Gasteiger partial charge in [-0.15, -0.1) is 0 Å². The first-order valence-electron chi connectivity index (χ1n) is 9.86. The highest BCUT2D eigenvalue weighted by atomic mass is 14.9. The number of allylic oxidation sites excluding steroid dienone is 5. The van der Waals surface area contributed by atoms with E-state index in [0.717, 1.165) is 17.7 Å². The summed E-state index contributed by atoms with van der Waals surface area (Å²) in [5, 5.41) is 3.69. The maximum Gasteiger partial charge on any atom is 0.0378 e. The Hall–Kier alpha value is -2.02. The predicted octanol–water partition coefficient (Wildman–Crippen LogP) is 7.64. The lowest BCUT2D eigenvalue weighted by atomic mass is 9.78.